The number of aryl methyl sites for hydroxylation is 1. The van der Waals surface area contributed by atoms with Crippen LogP contribution in [-0.2, 0) is 4.79 Å². The SMILES string of the molecule is Cc1cnc(N2CCN(CC(=O)Nc3ccc(F)cc3)CC2)s1. The van der Waals surface area contributed by atoms with Gasteiger partial charge in [0.15, 0.2) is 5.13 Å². The summed E-state index contributed by atoms with van der Waals surface area (Å²) in [5.74, 6) is -0.383. The number of hydrogen-bond acceptors (Lipinski definition) is 5. The molecule has 0 bridgehead atoms. The molecular weight excluding hydrogens is 315 g/mol. The Morgan fingerprint density at radius 3 is 2.57 bits per heavy atom. The Hall–Kier alpha value is -1.99. The minimum atomic E-state index is -0.309. The van der Waals surface area contributed by atoms with E-state index in [0.717, 1.165) is 31.3 Å². The summed E-state index contributed by atoms with van der Waals surface area (Å²) in [7, 11) is 0. The number of carbonyl (C=O) groups excluding carboxylic acids is 1. The number of halogens is 1. The van der Waals surface area contributed by atoms with E-state index in [4.69, 9.17) is 0 Å². The molecule has 0 radical (unpaired) electrons. The van der Waals surface area contributed by atoms with Crippen molar-refractivity contribution in [3.8, 4) is 0 Å². The van der Waals surface area contributed by atoms with Crippen molar-refractivity contribution in [2.24, 2.45) is 0 Å². The summed E-state index contributed by atoms with van der Waals surface area (Å²) in [5, 5.41) is 3.85. The normalized spacial score (nSPS) is 15.7. The first-order valence-corrected chi connectivity index (χ1v) is 8.37. The second-order valence-electron chi connectivity index (χ2n) is 5.57. The van der Waals surface area contributed by atoms with Crippen LogP contribution in [-0.4, -0.2) is 48.5 Å². The van der Waals surface area contributed by atoms with Crippen LogP contribution in [0.2, 0.25) is 0 Å². The zero-order valence-electron chi connectivity index (χ0n) is 13.0. The smallest absolute Gasteiger partial charge is 0.238 e. The predicted octanol–water partition coefficient (Wildman–Crippen LogP) is 2.35. The minimum absolute atomic E-state index is 0.0739. The zero-order chi connectivity index (χ0) is 16.2. The number of amides is 1. The summed E-state index contributed by atoms with van der Waals surface area (Å²) >= 11 is 1.70. The highest BCUT2D eigenvalue weighted by atomic mass is 32.1. The van der Waals surface area contributed by atoms with Crippen LogP contribution < -0.4 is 10.2 Å². The Balaban J connectivity index is 1.46. The van der Waals surface area contributed by atoms with Gasteiger partial charge in [0.1, 0.15) is 5.82 Å². The molecule has 23 heavy (non-hydrogen) atoms. The van der Waals surface area contributed by atoms with Gasteiger partial charge in [-0.2, -0.15) is 0 Å². The fourth-order valence-electron chi connectivity index (χ4n) is 2.52. The molecule has 1 amide bonds. The average Bonchev–Trinajstić information content (AvgIpc) is 2.97. The van der Waals surface area contributed by atoms with Crippen molar-refractivity contribution in [2.75, 3.05) is 42.9 Å². The number of anilines is 2. The fraction of sp³-hybridized carbons (Fsp3) is 0.375. The number of thiazole rings is 1. The van der Waals surface area contributed by atoms with Gasteiger partial charge < -0.3 is 10.2 Å². The van der Waals surface area contributed by atoms with Gasteiger partial charge in [-0.15, -0.1) is 11.3 Å². The summed E-state index contributed by atoms with van der Waals surface area (Å²) in [5.41, 5.74) is 0.619. The van der Waals surface area contributed by atoms with Crippen molar-refractivity contribution >= 4 is 28.1 Å². The molecule has 1 aromatic carbocycles. The molecule has 0 spiro atoms. The second kappa shape index (κ2) is 7.06. The molecule has 3 rings (SSSR count). The van der Waals surface area contributed by atoms with Gasteiger partial charge in [0.2, 0.25) is 5.91 Å². The number of rotatable bonds is 4. The van der Waals surface area contributed by atoms with Gasteiger partial charge in [-0.1, -0.05) is 0 Å². The molecule has 122 valence electrons. The van der Waals surface area contributed by atoms with Gasteiger partial charge in [0.25, 0.3) is 0 Å². The van der Waals surface area contributed by atoms with E-state index in [-0.39, 0.29) is 11.7 Å². The van der Waals surface area contributed by atoms with Crippen LogP contribution in [0.3, 0.4) is 0 Å². The van der Waals surface area contributed by atoms with Crippen LogP contribution in [0.25, 0.3) is 0 Å². The van der Waals surface area contributed by atoms with E-state index in [0.29, 0.717) is 12.2 Å². The quantitative estimate of drug-likeness (QED) is 0.932. The summed E-state index contributed by atoms with van der Waals surface area (Å²) in [6.07, 6.45) is 1.89. The maximum Gasteiger partial charge on any atom is 0.238 e. The molecule has 1 fully saturated rings. The lowest BCUT2D eigenvalue weighted by Crippen LogP contribution is -2.48. The lowest BCUT2D eigenvalue weighted by molar-refractivity contribution is -0.117. The molecule has 5 nitrogen and oxygen atoms in total. The molecular formula is C16H19FN4OS. The van der Waals surface area contributed by atoms with Crippen LogP contribution in [0.15, 0.2) is 30.5 Å². The van der Waals surface area contributed by atoms with E-state index < -0.39 is 0 Å². The Morgan fingerprint density at radius 2 is 1.96 bits per heavy atom. The summed E-state index contributed by atoms with van der Waals surface area (Å²) in [6, 6.07) is 5.81. The van der Waals surface area contributed by atoms with Crippen LogP contribution in [0.4, 0.5) is 15.2 Å². The van der Waals surface area contributed by atoms with Crippen molar-refractivity contribution in [1.82, 2.24) is 9.88 Å². The molecule has 0 saturated carbocycles. The van der Waals surface area contributed by atoms with Gasteiger partial charge in [0.05, 0.1) is 6.54 Å². The molecule has 0 atom stereocenters. The van der Waals surface area contributed by atoms with E-state index in [1.165, 1.54) is 17.0 Å². The highest BCUT2D eigenvalue weighted by Gasteiger charge is 2.20. The third-order valence-corrected chi connectivity index (χ3v) is 4.72. The summed E-state index contributed by atoms with van der Waals surface area (Å²) in [6.45, 7) is 5.80. The number of nitrogens with one attached hydrogen (secondary N) is 1. The van der Waals surface area contributed by atoms with E-state index >= 15 is 0 Å². The molecule has 2 heterocycles. The second-order valence-corrected chi connectivity index (χ2v) is 6.78. The van der Waals surface area contributed by atoms with Crippen molar-refractivity contribution < 1.29 is 9.18 Å². The van der Waals surface area contributed by atoms with Gasteiger partial charge in [-0.25, -0.2) is 9.37 Å². The topological polar surface area (TPSA) is 48.5 Å². The lowest BCUT2D eigenvalue weighted by atomic mass is 10.3. The fourth-order valence-corrected chi connectivity index (χ4v) is 3.33. The minimum Gasteiger partial charge on any atom is -0.346 e. The number of carbonyl (C=O) groups is 1. The lowest BCUT2D eigenvalue weighted by Gasteiger charge is -2.34. The third kappa shape index (κ3) is 4.27. The first kappa shape index (κ1) is 15.9. The van der Waals surface area contributed by atoms with E-state index in [9.17, 15) is 9.18 Å². The number of aromatic nitrogens is 1. The largest absolute Gasteiger partial charge is 0.346 e. The van der Waals surface area contributed by atoms with Crippen LogP contribution in [0, 0.1) is 12.7 Å². The van der Waals surface area contributed by atoms with E-state index in [1.54, 1.807) is 23.5 Å². The highest BCUT2D eigenvalue weighted by molar-refractivity contribution is 7.15. The average molecular weight is 334 g/mol. The zero-order valence-corrected chi connectivity index (χ0v) is 13.8. The number of benzene rings is 1. The third-order valence-electron chi connectivity index (χ3n) is 3.75. The van der Waals surface area contributed by atoms with Crippen LogP contribution in [0.5, 0.6) is 0 Å². The number of nitrogens with zero attached hydrogens (tertiary/aromatic N) is 3. The van der Waals surface area contributed by atoms with Gasteiger partial charge >= 0.3 is 0 Å². The summed E-state index contributed by atoms with van der Waals surface area (Å²) in [4.78, 5) is 22.0. The molecule has 0 aliphatic carbocycles. The van der Waals surface area contributed by atoms with Crippen LogP contribution in [0.1, 0.15) is 4.88 Å². The maximum absolute atomic E-state index is 12.8. The van der Waals surface area contributed by atoms with Crippen molar-refractivity contribution in [3.63, 3.8) is 0 Å². The molecule has 1 aliphatic heterocycles. The number of hydrogen-bond donors (Lipinski definition) is 1. The van der Waals surface area contributed by atoms with E-state index in [1.807, 2.05) is 6.20 Å². The molecule has 0 unspecified atom stereocenters. The highest BCUT2D eigenvalue weighted by Crippen LogP contribution is 2.22. The predicted molar refractivity (Wildman–Crippen MR) is 90.5 cm³/mol. The van der Waals surface area contributed by atoms with E-state index in [2.05, 4.69) is 27.0 Å². The molecule has 1 saturated heterocycles. The molecule has 7 heteroatoms. The van der Waals surface area contributed by atoms with Gasteiger partial charge in [-0.05, 0) is 31.2 Å². The van der Waals surface area contributed by atoms with Crippen molar-refractivity contribution in [3.05, 3.63) is 41.2 Å². The van der Waals surface area contributed by atoms with Gasteiger partial charge in [-0.3, -0.25) is 9.69 Å². The Bertz CT molecular complexity index is 665. The first-order chi connectivity index (χ1) is 11.1. The molecule has 1 aromatic heterocycles. The van der Waals surface area contributed by atoms with Crippen molar-refractivity contribution in [2.45, 2.75) is 6.92 Å². The molecule has 1 aliphatic rings. The first-order valence-electron chi connectivity index (χ1n) is 7.55. The van der Waals surface area contributed by atoms with Gasteiger partial charge in [0, 0.05) is 42.9 Å². The Labute approximate surface area is 138 Å². The standard InChI is InChI=1S/C16H19FN4OS/c1-12-10-18-16(23-12)21-8-6-20(7-9-21)11-15(22)19-14-4-2-13(17)3-5-14/h2-5,10H,6-9,11H2,1H3,(H,19,22). The maximum atomic E-state index is 12.8. The molecule has 2 aromatic rings. The monoisotopic (exact) mass is 334 g/mol. The number of piperazine rings is 1. The van der Waals surface area contributed by atoms with Crippen LogP contribution >= 0.6 is 11.3 Å². The Kier molecular flexibility index (Phi) is 4.88. The molecule has 1 N–H and O–H groups in total. The summed E-state index contributed by atoms with van der Waals surface area (Å²) < 4.78 is 12.8. The Morgan fingerprint density at radius 1 is 1.26 bits per heavy atom. The van der Waals surface area contributed by atoms with Crippen molar-refractivity contribution in [1.29, 1.82) is 0 Å².